The Bertz CT molecular complexity index is 818. The molecular weight excluding hydrogens is 240 g/mol. The minimum Gasteiger partial charge on any atom is -0.461 e. The van der Waals surface area contributed by atoms with Crippen LogP contribution in [-0.4, -0.2) is 10.8 Å². The van der Waals surface area contributed by atoms with Crippen molar-refractivity contribution in [1.82, 2.24) is 4.98 Å². The number of hydrogen-bond donors (Lipinski definition) is 1. The van der Waals surface area contributed by atoms with Crippen molar-refractivity contribution in [2.45, 2.75) is 6.92 Å². The number of ketones is 1. The van der Waals surface area contributed by atoms with Crippen LogP contribution in [0.2, 0.25) is 0 Å². The fourth-order valence-electron chi connectivity index (χ4n) is 2.11. The molecule has 92 valence electrons. The van der Waals surface area contributed by atoms with Gasteiger partial charge in [0, 0.05) is 17.1 Å². The molecule has 0 radical (unpaired) electrons. The Balaban J connectivity index is 2.14. The fraction of sp³-hybridized carbons (Fsp3) is 0.0667. The van der Waals surface area contributed by atoms with Crippen molar-refractivity contribution in [1.29, 1.82) is 5.26 Å². The number of aryl methyl sites for hydroxylation is 1. The van der Waals surface area contributed by atoms with Crippen molar-refractivity contribution in [2.75, 3.05) is 0 Å². The summed E-state index contributed by atoms with van der Waals surface area (Å²) in [6.45, 7) is 1.83. The van der Waals surface area contributed by atoms with E-state index in [2.05, 4.69) is 11.1 Å². The predicted octanol–water partition coefficient (Wildman–Crippen LogP) is 3.17. The molecule has 0 atom stereocenters. The Morgan fingerprint density at radius 1 is 1.37 bits per heavy atom. The molecule has 0 bridgehead atoms. The molecule has 0 aliphatic carbocycles. The highest BCUT2D eigenvalue weighted by molar-refractivity contribution is 6.15. The number of aromatic nitrogens is 1. The van der Waals surface area contributed by atoms with Crippen molar-refractivity contribution >= 4 is 16.7 Å². The lowest BCUT2D eigenvalue weighted by atomic mass is 10.0. The maximum Gasteiger partial charge on any atom is 0.230 e. The third kappa shape index (κ3) is 1.72. The van der Waals surface area contributed by atoms with Crippen LogP contribution in [0.15, 0.2) is 41.1 Å². The summed E-state index contributed by atoms with van der Waals surface area (Å²) in [5.74, 6) is 0.198. The number of furan rings is 1. The van der Waals surface area contributed by atoms with E-state index in [1.807, 2.05) is 6.92 Å². The molecule has 0 fully saturated rings. The highest BCUT2D eigenvalue weighted by Gasteiger charge is 2.18. The van der Waals surface area contributed by atoms with Crippen molar-refractivity contribution in [3.8, 4) is 6.07 Å². The number of nitriles is 1. The second-order valence-electron chi connectivity index (χ2n) is 4.34. The van der Waals surface area contributed by atoms with E-state index in [-0.39, 0.29) is 5.78 Å². The van der Waals surface area contributed by atoms with Gasteiger partial charge in [0.25, 0.3) is 0 Å². The molecule has 4 heteroatoms. The van der Waals surface area contributed by atoms with Gasteiger partial charge in [-0.1, -0.05) is 6.07 Å². The largest absolute Gasteiger partial charge is 0.461 e. The SMILES string of the molecule is Cc1ccoc1C(=O)c1c[nH]c2cc(C#N)ccc12. The summed E-state index contributed by atoms with van der Waals surface area (Å²) in [4.78, 5) is 15.4. The number of nitrogens with one attached hydrogen (secondary N) is 1. The van der Waals surface area contributed by atoms with Crippen LogP contribution in [0.25, 0.3) is 10.9 Å². The normalized spacial score (nSPS) is 10.5. The van der Waals surface area contributed by atoms with E-state index < -0.39 is 0 Å². The third-order valence-corrected chi connectivity index (χ3v) is 3.12. The topological polar surface area (TPSA) is 69.8 Å². The van der Waals surface area contributed by atoms with Crippen molar-refractivity contribution in [3.63, 3.8) is 0 Å². The van der Waals surface area contributed by atoms with Crippen molar-refractivity contribution in [2.24, 2.45) is 0 Å². The van der Waals surface area contributed by atoms with E-state index in [0.717, 1.165) is 16.5 Å². The van der Waals surface area contributed by atoms with E-state index >= 15 is 0 Å². The van der Waals surface area contributed by atoms with Gasteiger partial charge < -0.3 is 9.40 Å². The first-order valence-corrected chi connectivity index (χ1v) is 5.80. The summed E-state index contributed by atoms with van der Waals surface area (Å²) >= 11 is 0. The van der Waals surface area contributed by atoms with Gasteiger partial charge in [-0.3, -0.25) is 4.79 Å². The molecule has 2 aromatic heterocycles. The van der Waals surface area contributed by atoms with Crippen LogP contribution in [0, 0.1) is 18.3 Å². The lowest BCUT2D eigenvalue weighted by molar-refractivity contribution is 0.101. The Morgan fingerprint density at radius 2 is 2.21 bits per heavy atom. The smallest absolute Gasteiger partial charge is 0.230 e. The molecule has 0 spiro atoms. The zero-order valence-electron chi connectivity index (χ0n) is 10.2. The molecule has 3 aromatic rings. The van der Waals surface area contributed by atoms with Gasteiger partial charge >= 0.3 is 0 Å². The van der Waals surface area contributed by atoms with Crippen molar-refractivity contribution < 1.29 is 9.21 Å². The fourth-order valence-corrected chi connectivity index (χ4v) is 2.11. The second kappa shape index (κ2) is 4.14. The maximum absolute atomic E-state index is 12.4. The maximum atomic E-state index is 12.4. The monoisotopic (exact) mass is 250 g/mol. The van der Waals surface area contributed by atoms with Gasteiger partial charge in [0.05, 0.1) is 23.5 Å². The molecule has 0 amide bonds. The van der Waals surface area contributed by atoms with E-state index in [9.17, 15) is 4.79 Å². The van der Waals surface area contributed by atoms with Crippen LogP contribution in [0.5, 0.6) is 0 Å². The number of fused-ring (bicyclic) bond motifs is 1. The summed E-state index contributed by atoms with van der Waals surface area (Å²) in [6, 6.07) is 9.02. The number of carbonyl (C=O) groups excluding carboxylic acids is 1. The van der Waals surface area contributed by atoms with Gasteiger partial charge in [-0.15, -0.1) is 0 Å². The zero-order valence-corrected chi connectivity index (χ0v) is 10.2. The van der Waals surface area contributed by atoms with E-state index in [0.29, 0.717) is 16.9 Å². The quantitative estimate of drug-likeness (QED) is 0.710. The molecule has 0 saturated heterocycles. The third-order valence-electron chi connectivity index (χ3n) is 3.12. The van der Waals surface area contributed by atoms with Crippen LogP contribution in [0.1, 0.15) is 27.2 Å². The van der Waals surface area contributed by atoms with Gasteiger partial charge in [0.15, 0.2) is 5.76 Å². The minimum atomic E-state index is -0.154. The first-order chi connectivity index (χ1) is 9.20. The van der Waals surface area contributed by atoms with E-state index in [1.165, 1.54) is 6.26 Å². The summed E-state index contributed by atoms with van der Waals surface area (Å²) in [5, 5.41) is 9.65. The van der Waals surface area contributed by atoms with Gasteiger partial charge in [-0.05, 0) is 30.7 Å². The summed E-state index contributed by atoms with van der Waals surface area (Å²) in [5.41, 5.74) is 2.69. The number of aromatic amines is 1. The Hall–Kier alpha value is -2.80. The van der Waals surface area contributed by atoms with Crippen LogP contribution >= 0.6 is 0 Å². The number of carbonyl (C=O) groups is 1. The summed E-state index contributed by atoms with van der Waals surface area (Å²) in [6.07, 6.45) is 3.15. The van der Waals surface area contributed by atoms with Crippen LogP contribution in [-0.2, 0) is 0 Å². The Morgan fingerprint density at radius 3 is 2.89 bits per heavy atom. The standard InChI is InChI=1S/C15H10N2O2/c1-9-4-5-19-15(9)14(18)12-8-17-13-6-10(7-16)2-3-11(12)13/h2-6,8,17H,1H3. The zero-order chi connectivity index (χ0) is 13.4. The minimum absolute atomic E-state index is 0.154. The molecule has 0 aliphatic heterocycles. The van der Waals surface area contributed by atoms with Gasteiger partial charge in [0.2, 0.25) is 5.78 Å². The van der Waals surface area contributed by atoms with E-state index in [4.69, 9.17) is 9.68 Å². The molecule has 1 N–H and O–H groups in total. The first-order valence-electron chi connectivity index (χ1n) is 5.80. The Kier molecular flexibility index (Phi) is 2.46. The van der Waals surface area contributed by atoms with Crippen LogP contribution in [0.4, 0.5) is 0 Å². The molecule has 4 nitrogen and oxygen atoms in total. The molecule has 3 rings (SSSR count). The van der Waals surface area contributed by atoms with E-state index in [1.54, 1.807) is 30.5 Å². The predicted molar refractivity (Wildman–Crippen MR) is 69.9 cm³/mol. The average Bonchev–Trinajstić information content (AvgIpc) is 3.03. The lowest BCUT2D eigenvalue weighted by Gasteiger charge is -1.97. The average molecular weight is 250 g/mol. The molecule has 0 saturated carbocycles. The number of hydrogen-bond acceptors (Lipinski definition) is 3. The number of nitrogens with zero attached hydrogens (tertiary/aromatic N) is 1. The molecule has 1 aromatic carbocycles. The van der Waals surface area contributed by atoms with Crippen LogP contribution in [0.3, 0.4) is 0 Å². The molecular formula is C15H10N2O2. The lowest BCUT2D eigenvalue weighted by Crippen LogP contribution is -2.00. The Labute approximate surface area is 109 Å². The molecule has 0 unspecified atom stereocenters. The highest BCUT2D eigenvalue weighted by atomic mass is 16.3. The van der Waals surface area contributed by atoms with Crippen LogP contribution < -0.4 is 0 Å². The highest BCUT2D eigenvalue weighted by Crippen LogP contribution is 2.23. The van der Waals surface area contributed by atoms with Gasteiger partial charge in [0.1, 0.15) is 0 Å². The van der Waals surface area contributed by atoms with Crippen molar-refractivity contribution in [3.05, 3.63) is 59.2 Å². The summed E-state index contributed by atoms with van der Waals surface area (Å²) in [7, 11) is 0. The van der Waals surface area contributed by atoms with Gasteiger partial charge in [-0.2, -0.15) is 5.26 Å². The number of benzene rings is 1. The number of rotatable bonds is 2. The molecule has 19 heavy (non-hydrogen) atoms. The second-order valence-corrected chi connectivity index (χ2v) is 4.34. The first kappa shape index (κ1) is 11.3. The van der Waals surface area contributed by atoms with Gasteiger partial charge in [-0.25, -0.2) is 0 Å². The number of H-pyrrole nitrogens is 1. The molecule has 2 heterocycles. The molecule has 0 aliphatic rings. The summed E-state index contributed by atoms with van der Waals surface area (Å²) < 4.78 is 5.23.